The van der Waals surface area contributed by atoms with Gasteiger partial charge in [-0.1, -0.05) is 48.0 Å². The maximum absolute atomic E-state index is 11.7. The summed E-state index contributed by atoms with van der Waals surface area (Å²) in [6.07, 6.45) is -0.223. The summed E-state index contributed by atoms with van der Waals surface area (Å²) in [5, 5.41) is 5.86. The van der Waals surface area contributed by atoms with E-state index in [4.69, 9.17) is 11.6 Å². The Kier molecular flexibility index (Phi) is 5.35. The molecule has 0 aliphatic carbocycles. The van der Waals surface area contributed by atoms with E-state index in [2.05, 4.69) is 10.6 Å². The summed E-state index contributed by atoms with van der Waals surface area (Å²) < 4.78 is 0. The fourth-order valence-corrected chi connectivity index (χ4v) is 1.97. The monoisotopic (exact) mass is 302 g/mol. The van der Waals surface area contributed by atoms with Crippen LogP contribution in [0.4, 0.5) is 5.69 Å². The lowest BCUT2D eigenvalue weighted by molar-refractivity contribution is -0.126. The fourth-order valence-electron chi connectivity index (χ4n) is 1.78. The van der Waals surface area contributed by atoms with E-state index in [0.29, 0.717) is 17.3 Å². The van der Waals surface area contributed by atoms with E-state index in [-0.39, 0.29) is 18.2 Å². The largest absolute Gasteiger partial charge is 0.352 e. The molecule has 5 heteroatoms. The maximum Gasteiger partial charge on any atom is 0.233 e. The number of carbonyl (C=O) groups excluding carboxylic acids is 2. The number of rotatable bonds is 5. The smallest absolute Gasteiger partial charge is 0.233 e. The first kappa shape index (κ1) is 15.1. The summed E-state index contributed by atoms with van der Waals surface area (Å²) in [6, 6.07) is 16.3. The van der Waals surface area contributed by atoms with E-state index >= 15 is 0 Å². The molecule has 2 aromatic rings. The molecule has 0 aliphatic heterocycles. The standard InChI is InChI=1S/C16H15ClN2O2/c17-13-7-4-8-14(9-13)19-16(21)10-15(20)18-11-12-5-2-1-3-6-12/h1-9H,10-11H2,(H,18,20)(H,19,21). The van der Waals surface area contributed by atoms with Crippen molar-refractivity contribution >= 4 is 29.1 Å². The van der Waals surface area contributed by atoms with Gasteiger partial charge in [-0.3, -0.25) is 9.59 Å². The summed E-state index contributed by atoms with van der Waals surface area (Å²) >= 11 is 5.82. The van der Waals surface area contributed by atoms with Crippen LogP contribution in [0, 0.1) is 0 Å². The van der Waals surface area contributed by atoms with Crippen LogP contribution in [0.1, 0.15) is 12.0 Å². The SMILES string of the molecule is O=C(CC(=O)Nc1cccc(Cl)c1)NCc1ccccc1. The highest BCUT2D eigenvalue weighted by molar-refractivity contribution is 6.30. The van der Waals surface area contributed by atoms with Gasteiger partial charge in [0.05, 0.1) is 0 Å². The zero-order valence-corrected chi connectivity index (χ0v) is 12.1. The lowest BCUT2D eigenvalue weighted by Crippen LogP contribution is -2.27. The van der Waals surface area contributed by atoms with Crippen molar-refractivity contribution in [1.29, 1.82) is 0 Å². The van der Waals surface area contributed by atoms with Crippen molar-refractivity contribution in [2.24, 2.45) is 0 Å². The first-order chi connectivity index (χ1) is 10.1. The topological polar surface area (TPSA) is 58.2 Å². The number of hydrogen-bond acceptors (Lipinski definition) is 2. The minimum absolute atomic E-state index is 0.223. The third-order valence-electron chi connectivity index (χ3n) is 2.76. The first-order valence-electron chi connectivity index (χ1n) is 6.49. The van der Waals surface area contributed by atoms with Gasteiger partial charge in [-0.05, 0) is 23.8 Å². The fraction of sp³-hybridized carbons (Fsp3) is 0.125. The lowest BCUT2D eigenvalue weighted by Gasteiger charge is -2.07. The van der Waals surface area contributed by atoms with Gasteiger partial charge >= 0.3 is 0 Å². The zero-order chi connectivity index (χ0) is 15.1. The maximum atomic E-state index is 11.7. The highest BCUT2D eigenvalue weighted by atomic mass is 35.5. The summed E-state index contributed by atoms with van der Waals surface area (Å²) in [7, 11) is 0. The van der Waals surface area contributed by atoms with Crippen LogP contribution in [0.5, 0.6) is 0 Å². The molecule has 108 valence electrons. The first-order valence-corrected chi connectivity index (χ1v) is 6.87. The molecule has 2 N–H and O–H groups in total. The van der Waals surface area contributed by atoms with Crippen LogP contribution >= 0.6 is 11.6 Å². The summed E-state index contributed by atoms with van der Waals surface area (Å²) in [4.78, 5) is 23.4. The number of benzene rings is 2. The third-order valence-corrected chi connectivity index (χ3v) is 3.00. The Bertz CT molecular complexity index is 629. The summed E-state index contributed by atoms with van der Waals surface area (Å²) in [5.74, 6) is -0.693. The molecule has 0 aromatic heterocycles. The van der Waals surface area contributed by atoms with Crippen LogP contribution < -0.4 is 10.6 Å². The van der Waals surface area contributed by atoms with Gasteiger partial charge < -0.3 is 10.6 Å². The summed E-state index contributed by atoms with van der Waals surface area (Å²) in [6.45, 7) is 0.407. The lowest BCUT2D eigenvalue weighted by atomic mass is 10.2. The molecule has 0 unspecified atom stereocenters. The Morgan fingerprint density at radius 2 is 1.71 bits per heavy atom. The van der Waals surface area contributed by atoms with E-state index < -0.39 is 0 Å². The highest BCUT2D eigenvalue weighted by Gasteiger charge is 2.09. The van der Waals surface area contributed by atoms with Crippen LogP contribution in [0.15, 0.2) is 54.6 Å². The Labute approximate surface area is 128 Å². The summed E-state index contributed by atoms with van der Waals surface area (Å²) in [5.41, 5.74) is 1.56. The Balaban J connectivity index is 1.78. The predicted molar refractivity (Wildman–Crippen MR) is 83.0 cm³/mol. The average molecular weight is 303 g/mol. The molecule has 2 rings (SSSR count). The predicted octanol–water partition coefficient (Wildman–Crippen LogP) is 2.99. The molecule has 2 aromatic carbocycles. The van der Waals surface area contributed by atoms with Crippen LogP contribution in [0.2, 0.25) is 5.02 Å². The number of amides is 2. The molecule has 0 saturated carbocycles. The van der Waals surface area contributed by atoms with Gasteiger partial charge in [-0.2, -0.15) is 0 Å². The van der Waals surface area contributed by atoms with Gasteiger partial charge in [0.1, 0.15) is 6.42 Å². The molecule has 4 nitrogen and oxygen atoms in total. The number of nitrogens with one attached hydrogen (secondary N) is 2. The van der Waals surface area contributed by atoms with Gasteiger partial charge in [0.15, 0.2) is 0 Å². The van der Waals surface area contributed by atoms with Crippen molar-refractivity contribution in [1.82, 2.24) is 5.32 Å². The molecule has 0 saturated heterocycles. The molecule has 0 heterocycles. The van der Waals surface area contributed by atoms with Crippen molar-refractivity contribution in [3.63, 3.8) is 0 Å². The van der Waals surface area contributed by atoms with E-state index in [1.54, 1.807) is 24.3 Å². The van der Waals surface area contributed by atoms with Crippen molar-refractivity contribution in [2.75, 3.05) is 5.32 Å². The van der Waals surface area contributed by atoms with E-state index in [0.717, 1.165) is 5.56 Å². The van der Waals surface area contributed by atoms with Crippen molar-refractivity contribution in [2.45, 2.75) is 13.0 Å². The zero-order valence-electron chi connectivity index (χ0n) is 11.3. The molecule has 0 bridgehead atoms. The molecular weight excluding hydrogens is 288 g/mol. The van der Waals surface area contributed by atoms with Crippen molar-refractivity contribution in [3.8, 4) is 0 Å². The molecule has 0 spiro atoms. The van der Waals surface area contributed by atoms with E-state index in [1.165, 1.54) is 0 Å². The molecule has 0 atom stereocenters. The van der Waals surface area contributed by atoms with Crippen molar-refractivity contribution in [3.05, 3.63) is 65.2 Å². The minimum atomic E-state index is -0.372. The van der Waals surface area contributed by atoms with Gasteiger partial charge in [-0.15, -0.1) is 0 Å². The normalized spacial score (nSPS) is 9.95. The van der Waals surface area contributed by atoms with E-state index in [1.807, 2.05) is 30.3 Å². The van der Waals surface area contributed by atoms with E-state index in [9.17, 15) is 9.59 Å². The Morgan fingerprint density at radius 3 is 2.43 bits per heavy atom. The molecule has 2 amide bonds. The Morgan fingerprint density at radius 1 is 0.952 bits per heavy atom. The second-order valence-electron chi connectivity index (χ2n) is 4.50. The van der Waals surface area contributed by atoms with Gasteiger partial charge in [0, 0.05) is 17.3 Å². The average Bonchev–Trinajstić information content (AvgIpc) is 2.46. The number of hydrogen-bond donors (Lipinski definition) is 2. The van der Waals surface area contributed by atoms with Crippen molar-refractivity contribution < 1.29 is 9.59 Å². The molecular formula is C16H15ClN2O2. The minimum Gasteiger partial charge on any atom is -0.352 e. The highest BCUT2D eigenvalue weighted by Crippen LogP contribution is 2.14. The van der Waals surface area contributed by atoms with Crippen LogP contribution in [0.25, 0.3) is 0 Å². The second kappa shape index (κ2) is 7.45. The number of carbonyl (C=O) groups is 2. The molecule has 0 radical (unpaired) electrons. The van der Waals surface area contributed by atoms with Gasteiger partial charge in [-0.25, -0.2) is 0 Å². The molecule has 0 fully saturated rings. The van der Waals surface area contributed by atoms with Crippen LogP contribution in [-0.4, -0.2) is 11.8 Å². The third kappa shape index (κ3) is 5.28. The van der Waals surface area contributed by atoms with Gasteiger partial charge in [0.25, 0.3) is 0 Å². The van der Waals surface area contributed by atoms with Gasteiger partial charge in [0.2, 0.25) is 11.8 Å². The van der Waals surface area contributed by atoms with Crippen LogP contribution in [-0.2, 0) is 16.1 Å². The molecule has 0 aliphatic rings. The number of anilines is 1. The number of halogens is 1. The Hall–Kier alpha value is -2.33. The molecule has 21 heavy (non-hydrogen) atoms. The van der Waals surface area contributed by atoms with Crippen LogP contribution in [0.3, 0.4) is 0 Å². The quantitative estimate of drug-likeness (QED) is 0.834. The second-order valence-corrected chi connectivity index (χ2v) is 4.93.